The minimum atomic E-state index is 0.215. The van der Waals surface area contributed by atoms with Crippen LogP contribution in [-0.2, 0) is 6.54 Å². The summed E-state index contributed by atoms with van der Waals surface area (Å²) in [5.74, 6) is 0. The lowest BCUT2D eigenvalue weighted by Gasteiger charge is -2.20. The normalized spacial score (nSPS) is 12.6. The summed E-state index contributed by atoms with van der Waals surface area (Å²) in [5, 5.41) is 7.85. The first-order valence-electron chi connectivity index (χ1n) is 6.93. The number of rotatable bonds is 5. The molecule has 0 spiro atoms. The summed E-state index contributed by atoms with van der Waals surface area (Å²) >= 11 is 0. The highest BCUT2D eigenvalue weighted by atomic mass is 15.3. The summed E-state index contributed by atoms with van der Waals surface area (Å²) in [6.45, 7) is 7.48. The first kappa shape index (κ1) is 13.8. The average Bonchev–Trinajstić information content (AvgIpc) is 2.83. The van der Waals surface area contributed by atoms with Gasteiger partial charge in [-0.1, -0.05) is 25.1 Å². The van der Waals surface area contributed by atoms with Gasteiger partial charge < -0.3 is 5.32 Å². The lowest BCUT2D eigenvalue weighted by molar-refractivity contribution is 0.600. The van der Waals surface area contributed by atoms with Gasteiger partial charge >= 0.3 is 0 Å². The Labute approximate surface area is 115 Å². The SMILES string of the molecule is CCCn1cc(C(NC)c2c(C)cccc2C)cn1. The van der Waals surface area contributed by atoms with Crippen LogP contribution in [-0.4, -0.2) is 16.8 Å². The van der Waals surface area contributed by atoms with Gasteiger partial charge in [0.25, 0.3) is 0 Å². The van der Waals surface area contributed by atoms with E-state index >= 15 is 0 Å². The van der Waals surface area contributed by atoms with E-state index in [0.717, 1.165) is 13.0 Å². The molecule has 3 heteroatoms. The molecule has 0 aliphatic rings. The molecule has 0 radical (unpaired) electrons. The largest absolute Gasteiger partial charge is 0.309 e. The van der Waals surface area contributed by atoms with Gasteiger partial charge in [-0.2, -0.15) is 5.10 Å². The van der Waals surface area contributed by atoms with Crippen molar-refractivity contribution in [1.29, 1.82) is 0 Å². The molecule has 1 aromatic carbocycles. The Morgan fingerprint density at radius 3 is 2.53 bits per heavy atom. The zero-order valence-corrected chi connectivity index (χ0v) is 12.3. The van der Waals surface area contributed by atoms with E-state index in [2.05, 4.69) is 55.6 Å². The van der Waals surface area contributed by atoms with E-state index < -0.39 is 0 Å². The summed E-state index contributed by atoms with van der Waals surface area (Å²) in [4.78, 5) is 0. The summed E-state index contributed by atoms with van der Waals surface area (Å²) in [5.41, 5.74) is 5.24. The summed E-state index contributed by atoms with van der Waals surface area (Å²) in [6, 6.07) is 6.67. The fourth-order valence-electron chi connectivity index (χ4n) is 2.64. The van der Waals surface area contributed by atoms with Gasteiger partial charge in [-0.25, -0.2) is 0 Å². The molecule has 19 heavy (non-hydrogen) atoms. The Balaban J connectivity index is 2.38. The predicted molar refractivity (Wildman–Crippen MR) is 79.3 cm³/mol. The van der Waals surface area contributed by atoms with Crippen LogP contribution in [0.2, 0.25) is 0 Å². The van der Waals surface area contributed by atoms with Crippen LogP contribution >= 0.6 is 0 Å². The third kappa shape index (κ3) is 2.87. The second kappa shape index (κ2) is 6.02. The third-order valence-corrected chi connectivity index (χ3v) is 3.56. The van der Waals surface area contributed by atoms with Crippen molar-refractivity contribution in [1.82, 2.24) is 15.1 Å². The summed E-state index contributed by atoms with van der Waals surface area (Å²) < 4.78 is 2.02. The van der Waals surface area contributed by atoms with Crippen molar-refractivity contribution in [3.05, 3.63) is 52.8 Å². The predicted octanol–water partition coefficient (Wildman–Crippen LogP) is 3.22. The van der Waals surface area contributed by atoms with Gasteiger partial charge in [0.15, 0.2) is 0 Å². The minimum absolute atomic E-state index is 0.215. The lowest BCUT2D eigenvalue weighted by Crippen LogP contribution is -2.19. The monoisotopic (exact) mass is 257 g/mol. The Morgan fingerprint density at radius 2 is 1.95 bits per heavy atom. The number of hydrogen-bond acceptors (Lipinski definition) is 2. The Hall–Kier alpha value is -1.61. The highest BCUT2D eigenvalue weighted by molar-refractivity contribution is 5.40. The van der Waals surface area contributed by atoms with Crippen LogP contribution in [0.3, 0.4) is 0 Å². The topological polar surface area (TPSA) is 29.9 Å². The van der Waals surface area contributed by atoms with Crippen LogP contribution in [0.25, 0.3) is 0 Å². The fourth-order valence-corrected chi connectivity index (χ4v) is 2.64. The molecule has 0 bridgehead atoms. The molecule has 0 saturated heterocycles. The van der Waals surface area contributed by atoms with Crippen LogP contribution in [0.4, 0.5) is 0 Å². The van der Waals surface area contributed by atoms with Crippen molar-refractivity contribution in [2.45, 2.75) is 39.8 Å². The molecular weight excluding hydrogens is 234 g/mol. The molecule has 1 N–H and O–H groups in total. The van der Waals surface area contributed by atoms with E-state index in [0.29, 0.717) is 0 Å². The quantitative estimate of drug-likeness (QED) is 0.891. The minimum Gasteiger partial charge on any atom is -0.309 e. The van der Waals surface area contributed by atoms with Crippen LogP contribution in [0.1, 0.15) is 41.6 Å². The van der Waals surface area contributed by atoms with Crippen molar-refractivity contribution >= 4 is 0 Å². The second-order valence-electron chi connectivity index (χ2n) is 5.06. The number of benzene rings is 1. The second-order valence-corrected chi connectivity index (χ2v) is 5.06. The molecule has 102 valence electrons. The average molecular weight is 257 g/mol. The fraction of sp³-hybridized carbons (Fsp3) is 0.438. The van der Waals surface area contributed by atoms with Crippen molar-refractivity contribution in [2.75, 3.05) is 7.05 Å². The highest BCUT2D eigenvalue weighted by Crippen LogP contribution is 2.27. The molecule has 2 aromatic rings. The van der Waals surface area contributed by atoms with E-state index in [1.165, 1.54) is 22.3 Å². The van der Waals surface area contributed by atoms with E-state index in [-0.39, 0.29) is 6.04 Å². The van der Waals surface area contributed by atoms with Gasteiger partial charge in [0.1, 0.15) is 0 Å². The molecule has 1 atom stereocenters. The Kier molecular flexibility index (Phi) is 4.38. The maximum Gasteiger partial charge on any atom is 0.0610 e. The van der Waals surface area contributed by atoms with E-state index in [1.807, 2.05) is 17.9 Å². The van der Waals surface area contributed by atoms with Crippen molar-refractivity contribution in [3.8, 4) is 0 Å². The molecule has 0 aliphatic heterocycles. The number of aryl methyl sites for hydroxylation is 3. The molecule has 2 rings (SSSR count). The number of nitrogens with zero attached hydrogens (tertiary/aromatic N) is 2. The van der Waals surface area contributed by atoms with Crippen molar-refractivity contribution in [3.63, 3.8) is 0 Å². The first-order chi connectivity index (χ1) is 9.17. The van der Waals surface area contributed by atoms with Gasteiger partial charge in [0.05, 0.1) is 12.2 Å². The summed E-state index contributed by atoms with van der Waals surface area (Å²) in [7, 11) is 2.01. The Morgan fingerprint density at radius 1 is 1.26 bits per heavy atom. The van der Waals surface area contributed by atoms with Gasteiger partial charge in [-0.15, -0.1) is 0 Å². The van der Waals surface area contributed by atoms with Crippen LogP contribution in [0.15, 0.2) is 30.6 Å². The van der Waals surface area contributed by atoms with Crippen LogP contribution in [0.5, 0.6) is 0 Å². The first-order valence-corrected chi connectivity index (χ1v) is 6.93. The molecule has 1 unspecified atom stereocenters. The van der Waals surface area contributed by atoms with Crippen molar-refractivity contribution in [2.24, 2.45) is 0 Å². The van der Waals surface area contributed by atoms with Gasteiger partial charge in [-0.3, -0.25) is 4.68 Å². The van der Waals surface area contributed by atoms with E-state index in [1.54, 1.807) is 0 Å². The molecule has 1 aromatic heterocycles. The van der Waals surface area contributed by atoms with E-state index in [4.69, 9.17) is 0 Å². The van der Waals surface area contributed by atoms with Crippen molar-refractivity contribution < 1.29 is 0 Å². The molecule has 0 aliphatic carbocycles. The zero-order chi connectivity index (χ0) is 13.8. The smallest absolute Gasteiger partial charge is 0.0610 e. The van der Waals surface area contributed by atoms with Gasteiger partial charge in [-0.05, 0) is 44.0 Å². The third-order valence-electron chi connectivity index (χ3n) is 3.56. The Bertz CT molecular complexity index is 522. The van der Waals surface area contributed by atoms with Crippen LogP contribution in [0, 0.1) is 13.8 Å². The summed E-state index contributed by atoms with van der Waals surface area (Å²) in [6.07, 6.45) is 5.23. The van der Waals surface area contributed by atoms with E-state index in [9.17, 15) is 0 Å². The van der Waals surface area contributed by atoms with Gasteiger partial charge in [0, 0.05) is 18.3 Å². The molecular formula is C16H23N3. The molecule has 0 amide bonds. The number of hydrogen-bond donors (Lipinski definition) is 1. The molecule has 0 saturated carbocycles. The molecule has 0 fully saturated rings. The molecule has 3 nitrogen and oxygen atoms in total. The highest BCUT2D eigenvalue weighted by Gasteiger charge is 2.17. The van der Waals surface area contributed by atoms with Gasteiger partial charge in [0.2, 0.25) is 0 Å². The number of aromatic nitrogens is 2. The standard InChI is InChI=1S/C16H23N3/c1-5-9-19-11-14(10-18-19)16(17-4)15-12(2)7-6-8-13(15)3/h6-8,10-11,16-17H,5,9H2,1-4H3. The molecule has 1 heterocycles. The maximum absolute atomic E-state index is 4.44. The maximum atomic E-state index is 4.44. The lowest BCUT2D eigenvalue weighted by atomic mass is 9.93. The zero-order valence-electron chi connectivity index (χ0n) is 12.3. The van der Waals surface area contributed by atoms with Crippen LogP contribution < -0.4 is 5.32 Å². The number of nitrogens with one attached hydrogen (secondary N) is 1.